The average molecular weight is 2050 g/mol. The zero-order valence-electron chi connectivity index (χ0n) is 80.1. The summed E-state index contributed by atoms with van der Waals surface area (Å²) >= 11 is 8.54. The van der Waals surface area contributed by atoms with Crippen molar-refractivity contribution in [3.05, 3.63) is 144 Å². The summed E-state index contributed by atoms with van der Waals surface area (Å²) in [5.74, 6) is -28.6. The van der Waals surface area contributed by atoms with Gasteiger partial charge in [0.05, 0.1) is 31.7 Å². The van der Waals surface area contributed by atoms with Crippen LogP contribution in [0.25, 0.3) is 21.8 Å². The number of primary amides is 4. The number of benzene rings is 4. The highest BCUT2D eigenvalue weighted by Crippen LogP contribution is 2.24. The minimum absolute atomic E-state index is 0.0558. The van der Waals surface area contributed by atoms with Gasteiger partial charge in [0, 0.05) is 84.2 Å². The number of amides is 19. The monoisotopic (exact) mass is 2040 g/mol. The zero-order chi connectivity index (χ0) is 107. The molecule has 0 fully saturated rings. The molecule has 0 saturated carbocycles. The fourth-order valence-electron chi connectivity index (χ4n) is 15.1. The molecule has 0 aliphatic carbocycles. The number of fused-ring (bicyclic) bond motifs is 2. The van der Waals surface area contributed by atoms with Crippen LogP contribution in [0.4, 0.5) is 0 Å². The van der Waals surface area contributed by atoms with Gasteiger partial charge in [-0.15, -0.1) is 0 Å². The molecule has 6 rings (SSSR count). The Morgan fingerprint density at radius 1 is 0.312 bits per heavy atom. The summed E-state index contributed by atoms with van der Waals surface area (Å²) in [7, 11) is 0. The number of hydrogen-bond donors (Lipinski definition) is 28. The maximum Gasteiger partial charge on any atom is 0.326 e. The van der Waals surface area contributed by atoms with Crippen molar-refractivity contribution in [3.8, 4) is 0 Å². The molecule has 144 heavy (non-hydrogen) atoms. The molecule has 0 bridgehead atoms. The number of aromatic amines is 2. The Kier molecular flexibility index (Phi) is 47.7. The number of hydrogen-bond acceptors (Lipinski definition) is 26. The van der Waals surface area contributed by atoms with Gasteiger partial charge in [-0.25, -0.2) is 4.79 Å². The summed E-state index contributed by atoms with van der Waals surface area (Å²) in [5, 5.41) is 67.2. The largest absolute Gasteiger partial charge is 0.481 e. The van der Waals surface area contributed by atoms with E-state index in [0.29, 0.717) is 44.1 Å². The van der Waals surface area contributed by atoms with E-state index >= 15 is 14.4 Å². The van der Waals surface area contributed by atoms with E-state index in [9.17, 15) is 106 Å². The first-order valence-corrected chi connectivity index (χ1v) is 47.6. The molecule has 50 heteroatoms. The van der Waals surface area contributed by atoms with Crippen LogP contribution in [-0.2, 0) is 131 Å². The van der Waals surface area contributed by atoms with Gasteiger partial charge in [-0.2, -0.15) is 25.3 Å². The number of rotatable bonds is 63. The molecule has 16 atom stereocenters. The molecule has 4 aromatic carbocycles. The van der Waals surface area contributed by atoms with Crippen LogP contribution in [0.3, 0.4) is 0 Å². The predicted molar refractivity (Wildman–Crippen MR) is 528 cm³/mol. The third kappa shape index (κ3) is 38.7. The number of aromatic nitrogens is 2. The molecule has 0 aliphatic heterocycles. The lowest BCUT2D eigenvalue weighted by molar-refractivity contribution is -0.144. The van der Waals surface area contributed by atoms with E-state index in [-0.39, 0.29) is 51.5 Å². The molecule has 2 heterocycles. The van der Waals surface area contributed by atoms with E-state index in [1.54, 1.807) is 143 Å². The molecule has 0 radical (unpaired) electrons. The molecule has 2 aromatic heterocycles. The van der Waals surface area contributed by atoms with Crippen molar-refractivity contribution >= 4 is 177 Å². The molecular weight excluding hydrogens is 1920 g/mol. The van der Waals surface area contributed by atoms with E-state index in [1.807, 2.05) is 0 Å². The van der Waals surface area contributed by atoms with E-state index < -0.39 is 314 Å². The minimum atomic E-state index is -2.04. The van der Waals surface area contributed by atoms with E-state index in [1.165, 1.54) is 20.0 Å². The quantitative estimate of drug-likeness (QED) is 0.0126. The summed E-state index contributed by atoms with van der Waals surface area (Å²) < 4.78 is 0. The Labute approximate surface area is 838 Å². The normalized spacial score (nSPS) is 14.6. The Bertz CT molecular complexity index is 5550. The second-order valence-electron chi connectivity index (χ2n) is 35.5. The maximum absolute atomic E-state index is 15.3. The highest BCUT2D eigenvalue weighted by atomic mass is 32.1. The smallest absolute Gasteiger partial charge is 0.326 e. The summed E-state index contributed by atoms with van der Waals surface area (Å²) in [4.78, 5) is 309. The zero-order valence-corrected chi connectivity index (χ0v) is 81.9. The molecule has 19 amide bonds. The lowest BCUT2D eigenvalue weighted by Gasteiger charge is -2.29. The van der Waals surface area contributed by atoms with Crippen LogP contribution in [0.5, 0.6) is 0 Å². The Hall–Kier alpha value is -15.1. The number of thiol groups is 2. The van der Waals surface area contributed by atoms with Gasteiger partial charge in [0.1, 0.15) is 90.6 Å². The Morgan fingerprint density at radius 2 is 0.611 bits per heavy atom. The molecule has 32 N–H and O–H groups in total. The van der Waals surface area contributed by atoms with Gasteiger partial charge in [0.2, 0.25) is 112 Å². The standard InChI is InChI=1S/C94H129N23O25S2/c1-46(2)33-61(107-87(134)67(40-74(100)121)112-91(138)70(45-144)115-93(140)78(48(5)6)116-88(135)65(106-79(126)55(96)38-75(122)123)37-52-43-102-57-26-16-14-24-54(52)57)82(129)108-62(34-49-19-9-7-10-20-49)83(130)103-58(27-17-18-32-95)80(127)111-66(39-73(99)120)86(133)104-59(28-30-71(97)118)81(128)110-64(36-51-42-101-56-25-15-13-23-53(51)56)85(132)109-63(35-50-21-11-8-12-22-50)84(131)114-69(44-143)90(137)113-68(41-76(124)125)89(136)117-77(47(3)4)92(139)105-60(94(141)142)29-31-72(98)119/h7-16,19-26,42-43,46-48,55,58-70,77-78,101-102,143-144H,17-18,27-41,44-45,95-96H2,1-6H3,(H2,97,118)(H2,98,119)(H2,99,120)(H2,100,121)(H,103,130)(H,104,133)(H,105,139)(H,106,126)(H,107,134)(H,108,129)(H,109,132)(H,110,128)(H,111,127)(H,112,138)(H,113,137)(H,114,131)(H,115,140)(H,116,135)(H,117,136)(H,122,123)(H,124,125)(H,141,142)/t55-,58-,59-,60-,61-,62-,63-,64-,65-,66-,67-,68-,69-,70-,77-,78-/m0/s1. The highest BCUT2D eigenvalue weighted by Gasteiger charge is 2.42. The SMILES string of the molecule is CC(C)C[C@H](NC(=O)[C@H](CC(N)=O)NC(=O)[C@H](CS)NC(=O)[C@@H](NC(=O)[C@H](Cc1c[nH]c2ccccc12)NC(=O)[C@@H](N)CC(=O)O)C(C)C)C(=O)N[C@@H](Cc1ccccc1)C(=O)N[C@@H](CCCCN)C(=O)N[C@@H](CC(N)=O)C(=O)N[C@@H](CCC(N)=O)C(=O)N[C@@H](Cc1c[nH]c2ccccc12)C(=O)N[C@@H](Cc1ccccc1)C(=O)N[C@@H](CS)C(=O)N[C@@H](CC(=O)O)C(=O)N[C@H](C(=O)N[C@@H](CCC(N)=O)C(=O)O)C(C)C. The van der Waals surface area contributed by atoms with E-state index in [4.69, 9.17) is 34.4 Å². The average Bonchev–Trinajstić information content (AvgIpc) is 1.59. The van der Waals surface area contributed by atoms with Crippen LogP contribution in [-0.4, -0.2) is 270 Å². The van der Waals surface area contributed by atoms with Gasteiger partial charge in [-0.05, 0) is 97.2 Å². The molecule has 0 saturated heterocycles. The van der Waals surface area contributed by atoms with Crippen molar-refractivity contribution in [3.63, 3.8) is 0 Å². The molecule has 6 aromatic rings. The van der Waals surface area contributed by atoms with Crippen molar-refractivity contribution in [2.24, 2.45) is 52.2 Å². The van der Waals surface area contributed by atoms with Crippen LogP contribution < -0.4 is 114 Å². The fraction of sp³-hybridized carbons (Fsp3) is 0.468. The number of carbonyl (C=O) groups is 22. The van der Waals surface area contributed by atoms with Crippen LogP contribution in [0.1, 0.15) is 141 Å². The number of carboxylic acid groups (broad SMARTS) is 3. The third-order valence-electron chi connectivity index (χ3n) is 22.8. The second-order valence-corrected chi connectivity index (χ2v) is 36.3. The third-order valence-corrected chi connectivity index (χ3v) is 23.5. The van der Waals surface area contributed by atoms with Crippen molar-refractivity contribution in [2.45, 2.75) is 241 Å². The van der Waals surface area contributed by atoms with Crippen molar-refractivity contribution in [1.29, 1.82) is 0 Å². The number of aliphatic carboxylic acids is 3. The Morgan fingerprint density at radius 3 is 0.986 bits per heavy atom. The molecule has 782 valence electrons. The molecule has 0 spiro atoms. The van der Waals surface area contributed by atoms with Gasteiger partial charge in [0.15, 0.2) is 0 Å². The second kappa shape index (κ2) is 58.4. The number of carboxylic acids is 3. The molecular formula is C94H129N23O25S2. The highest BCUT2D eigenvalue weighted by molar-refractivity contribution is 7.80. The lowest BCUT2D eigenvalue weighted by atomic mass is 9.99. The van der Waals surface area contributed by atoms with Gasteiger partial charge >= 0.3 is 17.9 Å². The number of unbranched alkanes of at least 4 members (excludes halogenated alkanes) is 1. The number of H-pyrrole nitrogens is 2. The topological polar surface area (TPSA) is 804 Å². The molecule has 0 aliphatic rings. The van der Waals surface area contributed by atoms with Crippen molar-refractivity contribution in [1.82, 2.24) is 89.7 Å². The molecule has 48 nitrogen and oxygen atoms in total. The number of nitrogens with two attached hydrogens (primary N) is 6. The minimum Gasteiger partial charge on any atom is -0.481 e. The number of para-hydroxylation sites is 2. The predicted octanol–water partition coefficient (Wildman–Crippen LogP) is -4.82. The van der Waals surface area contributed by atoms with Crippen LogP contribution in [0, 0.1) is 17.8 Å². The van der Waals surface area contributed by atoms with Gasteiger partial charge < -0.3 is 139 Å². The van der Waals surface area contributed by atoms with Gasteiger partial charge in [0.25, 0.3) is 0 Å². The molecule has 0 unspecified atom stereocenters. The van der Waals surface area contributed by atoms with Crippen molar-refractivity contribution in [2.75, 3.05) is 18.1 Å². The lowest BCUT2D eigenvalue weighted by Crippen LogP contribution is -2.62. The summed E-state index contributed by atoms with van der Waals surface area (Å²) in [6.07, 6.45) is -4.31. The Balaban J connectivity index is 1.24. The van der Waals surface area contributed by atoms with E-state index in [0.717, 1.165) is 0 Å². The first kappa shape index (κ1) is 118. The van der Waals surface area contributed by atoms with Crippen LogP contribution in [0.15, 0.2) is 122 Å². The van der Waals surface area contributed by atoms with Gasteiger partial charge in [-0.1, -0.05) is 139 Å². The van der Waals surface area contributed by atoms with Crippen LogP contribution in [0.2, 0.25) is 0 Å². The maximum atomic E-state index is 15.3. The van der Waals surface area contributed by atoms with Crippen LogP contribution >= 0.6 is 25.3 Å². The first-order chi connectivity index (χ1) is 68.1. The fourth-order valence-corrected chi connectivity index (χ4v) is 15.6. The summed E-state index contributed by atoms with van der Waals surface area (Å²) in [6.45, 7) is 9.38. The van der Waals surface area contributed by atoms with Gasteiger partial charge in [-0.3, -0.25) is 101 Å². The summed E-state index contributed by atoms with van der Waals surface area (Å²) in [5.41, 5.74) is 36.9. The number of nitrogens with one attached hydrogen (secondary N) is 17. The summed E-state index contributed by atoms with van der Waals surface area (Å²) in [6, 6.07) is 2.42. The number of carbonyl (C=O) groups excluding carboxylic acids is 19. The van der Waals surface area contributed by atoms with Crippen molar-refractivity contribution < 1.29 is 121 Å². The van der Waals surface area contributed by atoms with E-state index in [2.05, 4.69) is 115 Å². The first-order valence-electron chi connectivity index (χ1n) is 46.3.